The SMILES string of the molecule is O=C(NCC1CCCO1)c1ccc(Br)cc1O. The molecular formula is C12H14BrNO3. The van der Waals surface area contributed by atoms with Crippen molar-refractivity contribution in [2.45, 2.75) is 18.9 Å². The Morgan fingerprint density at radius 3 is 3.06 bits per heavy atom. The number of carbonyl (C=O) groups excluding carboxylic acids is 1. The molecule has 1 fully saturated rings. The Morgan fingerprint density at radius 2 is 2.41 bits per heavy atom. The molecule has 1 unspecified atom stereocenters. The van der Waals surface area contributed by atoms with E-state index in [9.17, 15) is 9.90 Å². The summed E-state index contributed by atoms with van der Waals surface area (Å²) in [5.74, 6) is -0.297. The Balaban J connectivity index is 1.94. The molecule has 5 heteroatoms. The van der Waals surface area contributed by atoms with Crippen LogP contribution in [0.4, 0.5) is 0 Å². The molecule has 1 heterocycles. The second kappa shape index (κ2) is 5.51. The summed E-state index contributed by atoms with van der Waals surface area (Å²) >= 11 is 3.23. The van der Waals surface area contributed by atoms with E-state index in [2.05, 4.69) is 21.2 Å². The number of carbonyl (C=O) groups is 1. The standard InChI is InChI=1S/C12H14BrNO3/c13-8-3-4-10(11(15)6-8)12(16)14-7-9-2-1-5-17-9/h3-4,6,9,15H,1-2,5,7H2,(H,14,16). The molecule has 17 heavy (non-hydrogen) atoms. The summed E-state index contributed by atoms with van der Waals surface area (Å²) in [6.07, 6.45) is 2.13. The molecule has 1 aromatic carbocycles. The fourth-order valence-corrected chi connectivity index (χ4v) is 2.15. The Kier molecular flexibility index (Phi) is 4.02. The number of hydrogen-bond acceptors (Lipinski definition) is 3. The molecule has 2 N–H and O–H groups in total. The quantitative estimate of drug-likeness (QED) is 0.898. The number of halogens is 1. The van der Waals surface area contributed by atoms with E-state index >= 15 is 0 Å². The lowest BCUT2D eigenvalue weighted by atomic mass is 10.2. The maximum Gasteiger partial charge on any atom is 0.255 e. The first kappa shape index (κ1) is 12.4. The monoisotopic (exact) mass is 299 g/mol. The van der Waals surface area contributed by atoms with Gasteiger partial charge in [0, 0.05) is 17.6 Å². The van der Waals surface area contributed by atoms with Crippen LogP contribution in [0.15, 0.2) is 22.7 Å². The van der Waals surface area contributed by atoms with Gasteiger partial charge < -0.3 is 15.2 Å². The fourth-order valence-electron chi connectivity index (χ4n) is 1.80. The van der Waals surface area contributed by atoms with Crippen LogP contribution >= 0.6 is 15.9 Å². The van der Waals surface area contributed by atoms with Gasteiger partial charge in [-0.05, 0) is 31.0 Å². The van der Waals surface area contributed by atoms with Crippen molar-refractivity contribution in [3.63, 3.8) is 0 Å². The smallest absolute Gasteiger partial charge is 0.255 e. The largest absolute Gasteiger partial charge is 0.507 e. The summed E-state index contributed by atoms with van der Waals surface area (Å²) in [6.45, 7) is 1.26. The topological polar surface area (TPSA) is 58.6 Å². The van der Waals surface area contributed by atoms with E-state index < -0.39 is 0 Å². The van der Waals surface area contributed by atoms with Gasteiger partial charge in [-0.3, -0.25) is 4.79 Å². The molecule has 0 spiro atoms. The molecule has 0 radical (unpaired) electrons. The molecular weight excluding hydrogens is 286 g/mol. The predicted molar refractivity (Wildman–Crippen MR) is 67.1 cm³/mol. The molecule has 1 aromatic rings. The number of ether oxygens (including phenoxy) is 1. The van der Waals surface area contributed by atoms with Crippen LogP contribution in [0.2, 0.25) is 0 Å². The predicted octanol–water partition coefficient (Wildman–Crippen LogP) is 2.06. The van der Waals surface area contributed by atoms with Crippen molar-refractivity contribution in [1.29, 1.82) is 0 Å². The highest BCUT2D eigenvalue weighted by molar-refractivity contribution is 9.10. The van der Waals surface area contributed by atoms with Gasteiger partial charge in [-0.2, -0.15) is 0 Å². The van der Waals surface area contributed by atoms with Gasteiger partial charge in [-0.15, -0.1) is 0 Å². The molecule has 1 saturated heterocycles. The van der Waals surface area contributed by atoms with E-state index in [0.717, 1.165) is 23.9 Å². The van der Waals surface area contributed by atoms with Crippen LogP contribution in [-0.4, -0.2) is 30.3 Å². The third-order valence-corrected chi connectivity index (χ3v) is 3.21. The molecule has 1 amide bonds. The first-order valence-corrected chi connectivity index (χ1v) is 6.34. The summed E-state index contributed by atoms with van der Waals surface area (Å²) in [5.41, 5.74) is 0.284. The van der Waals surface area contributed by atoms with Gasteiger partial charge >= 0.3 is 0 Å². The number of benzene rings is 1. The average Bonchev–Trinajstić information content (AvgIpc) is 2.78. The number of phenols is 1. The van der Waals surface area contributed by atoms with Crippen LogP contribution in [0, 0.1) is 0 Å². The van der Waals surface area contributed by atoms with Gasteiger partial charge in [0.1, 0.15) is 5.75 Å². The van der Waals surface area contributed by atoms with E-state index in [4.69, 9.17) is 4.74 Å². The molecule has 0 saturated carbocycles. The summed E-state index contributed by atoms with van der Waals surface area (Å²) in [7, 11) is 0. The van der Waals surface area contributed by atoms with Gasteiger partial charge in [0.2, 0.25) is 0 Å². The van der Waals surface area contributed by atoms with Crippen molar-refractivity contribution in [1.82, 2.24) is 5.32 Å². The highest BCUT2D eigenvalue weighted by Crippen LogP contribution is 2.22. The third-order valence-electron chi connectivity index (χ3n) is 2.72. The molecule has 2 rings (SSSR count). The molecule has 92 valence electrons. The lowest BCUT2D eigenvalue weighted by Gasteiger charge is -2.11. The Morgan fingerprint density at radius 1 is 1.59 bits per heavy atom. The van der Waals surface area contributed by atoms with Crippen molar-refractivity contribution in [2.24, 2.45) is 0 Å². The van der Waals surface area contributed by atoms with Crippen molar-refractivity contribution in [2.75, 3.05) is 13.2 Å². The number of amides is 1. The van der Waals surface area contributed by atoms with Crippen LogP contribution in [0.25, 0.3) is 0 Å². The van der Waals surface area contributed by atoms with Crippen LogP contribution in [0.3, 0.4) is 0 Å². The number of nitrogens with one attached hydrogen (secondary N) is 1. The summed E-state index contributed by atoms with van der Waals surface area (Å²) in [5, 5.41) is 12.4. The first-order chi connectivity index (χ1) is 8.16. The van der Waals surface area contributed by atoms with E-state index in [1.165, 1.54) is 6.07 Å². The Bertz CT molecular complexity index is 416. The molecule has 1 aliphatic rings. The summed E-state index contributed by atoms with van der Waals surface area (Å²) in [4.78, 5) is 11.8. The second-order valence-corrected chi connectivity index (χ2v) is 4.92. The van der Waals surface area contributed by atoms with Crippen molar-refractivity contribution >= 4 is 21.8 Å². The minimum Gasteiger partial charge on any atom is -0.507 e. The van der Waals surface area contributed by atoms with E-state index in [0.29, 0.717) is 6.54 Å². The minimum absolute atomic E-state index is 0.0239. The van der Waals surface area contributed by atoms with E-state index in [1.807, 2.05) is 0 Å². The normalized spacial score (nSPS) is 19.2. The molecule has 1 aliphatic heterocycles. The van der Waals surface area contributed by atoms with Crippen LogP contribution in [0.1, 0.15) is 23.2 Å². The Labute approximate surface area is 108 Å². The maximum atomic E-state index is 11.8. The van der Waals surface area contributed by atoms with Gasteiger partial charge in [0.15, 0.2) is 0 Å². The van der Waals surface area contributed by atoms with Crippen LogP contribution in [0.5, 0.6) is 5.75 Å². The number of aromatic hydroxyl groups is 1. The molecule has 4 nitrogen and oxygen atoms in total. The second-order valence-electron chi connectivity index (χ2n) is 4.01. The maximum absolute atomic E-state index is 11.8. The number of phenolic OH excluding ortho intramolecular Hbond substituents is 1. The van der Waals surface area contributed by atoms with Crippen LogP contribution in [-0.2, 0) is 4.74 Å². The van der Waals surface area contributed by atoms with Crippen molar-refractivity contribution in [3.8, 4) is 5.75 Å². The number of hydrogen-bond donors (Lipinski definition) is 2. The lowest BCUT2D eigenvalue weighted by molar-refractivity contribution is 0.0855. The minimum atomic E-state index is -0.273. The summed E-state index contributed by atoms with van der Waals surface area (Å²) < 4.78 is 6.15. The van der Waals surface area contributed by atoms with Crippen LogP contribution < -0.4 is 5.32 Å². The van der Waals surface area contributed by atoms with Gasteiger partial charge in [0.25, 0.3) is 5.91 Å². The zero-order chi connectivity index (χ0) is 12.3. The lowest BCUT2D eigenvalue weighted by Crippen LogP contribution is -2.31. The summed E-state index contributed by atoms with van der Waals surface area (Å²) in [6, 6.07) is 4.81. The van der Waals surface area contributed by atoms with Crippen molar-refractivity contribution < 1.29 is 14.6 Å². The first-order valence-electron chi connectivity index (χ1n) is 5.55. The molecule has 0 aliphatic carbocycles. The number of rotatable bonds is 3. The Hall–Kier alpha value is -1.07. The van der Waals surface area contributed by atoms with E-state index in [1.54, 1.807) is 12.1 Å². The fraction of sp³-hybridized carbons (Fsp3) is 0.417. The van der Waals surface area contributed by atoms with Crippen molar-refractivity contribution in [3.05, 3.63) is 28.2 Å². The zero-order valence-corrected chi connectivity index (χ0v) is 10.9. The third kappa shape index (κ3) is 3.20. The van der Waals surface area contributed by atoms with Gasteiger partial charge in [-0.25, -0.2) is 0 Å². The van der Waals surface area contributed by atoms with E-state index in [-0.39, 0.29) is 23.3 Å². The van der Waals surface area contributed by atoms with Gasteiger partial charge in [-0.1, -0.05) is 15.9 Å². The average molecular weight is 300 g/mol. The molecule has 0 aromatic heterocycles. The highest BCUT2D eigenvalue weighted by Gasteiger charge is 2.17. The molecule has 0 bridgehead atoms. The highest BCUT2D eigenvalue weighted by atomic mass is 79.9. The van der Waals surface area contributed by atoms with Gasteiger partial charge in [0.05, 0.1) is 11.7 Å². The molecule has 1 atom stereocenters. The zero-order valence-electron chi connectivity index (χ0n) is 9.28.